The van der Waals surface area contributed by atoms with E-state index >= 15 is 4.39 Å². The molecule has 3 aromatic rings. The number of halogens is 5. The highest BCUT2D eigenvalue weighted by Gasteiger charge is 2.48. The van der Waals surface area contributed by atoms with Crippen LogP contribution in [0.25, 0.3) is 11.1 Å². The van der Waals surface area contributed by atoms with Crippen molar-refractivity contribution >= 4 is 35.0 Å². The van der Waals surface area contributed by atoms with Crippen molar-refractivity contribution in [1.82, 2.24) is 20.8 Å². The molecule has 4 rings (SSSR count). The van der Waals surface area contributed by atoms with Gasteiger partial charge >= 0.3 is 11.8 Å². The molecule has 1 aromatic heterocycles. The van der Waals surface area contributed by atoms with Gasteiger partial charge in [-0.25, -0.2) is 13.2 Å². The lowest BCUT2D eigenvalue weighted by Crippen LogP contribution is -2.70. The number of amides is 2. The number of nitrogens with zero attached hydrogens (tertiary/aromatic N) is 2. The third-order valence-electron chi connectivity index (χ3n) is 5.69. The van der Waals surface area contributed by atoms with Gasteiger partial charge in [0.05, 0.1) is 24.3 Å². The highest BCUT2D eigenvalue weighted by Crippen LogP contribution is 2.40. The van der Waals surface area contributed by atoms with E-state index in [9.17, 15) is 18.4 Å². The lowest BCUT2D eigenvalue weighted by Gasteiger charge is -2.40. The SMILES string of the molecule is Cc1nnc(C(=O)NC2(C(=O)N[C@H](C)c3ccc(-c4cc(Cl)cc(Cl)c4OCC(F)F)cc3F)COC2)o1. The molecule has 2 aromatic carbocycles. The van der Waals surface area contributed by atoms with Crippen molar-refractivity contribution in [2.75, 3.05) is 19.8 Å². The van der Waals surface area contributed by atoms with Crippen molar-refractivity contribution in [3.05, 3.63) is 63.5 Å². The molecule has 2 N–H and O–H groups in total. The number of carbonyl (C=O) groups is 2. The van der Waals surface area contributed by atoms with E-state index in [0.717, 1.165) is 6.07 Å². The zero-order chi connectivity index (χ0) is 27.6. The molecule has 0 spiro atoms. The van der Waals surface area contributed by atoms with Gasteiger partial charge in [-0.05, 0) is 30.7 Å². The number of aromatic nitrogens is 2. The molecule has 38 heavy (non-hydrogen) atoms. The van der Waals surface area contributed by atoms with Gasteiger partial charge in [0.2, 0.25) is 5.89 Å². The second-order valence-corrected chi connectivity index (χ2v) is 9.40. The largest absolute Gasteiger partial charge is 0.485 e. The van der Waals surface area contributed by atoms with Crippen LogP contribution < -0.4 is 15.4 Å². The molecule has 0 bridgehead atoms. The van der Waals surface area contributed by atoms with Gasteiger partial charge in [0, 0.05) is 23.1 Å². The number of benzene rings is 2. The molecule has 0 aliphatic carbocycles. The van der Waals surface area contributed by atoms with Crippen molar-refractivity contribution < 1.29 is 36.7 Å². The number of rotatable bonds is 9. The van der Waals surface area contributed by atoms with Gasteiger partial charge in [-0.2, -0.15) is 0 Å². The Balaban J connectivity index is 1.52. The molecule has 0 saturated carbocycles. The van der Waals surface area contributed by atoms with Gasteiger partial charge in [0.25, 0.3) is 12.3 Å². The van der Waals surface area contributed by atoms with Gasteiger partial charge < -0.3 is 24.5 Å². The Labute approximate surface area is 224 Å². The third-order valence-corrected chi connectivity index (χ3v) is 6.19. The zero-order valence-electron chi connectivity index (χ0n) is 20.0. The van der Waals surface area contributed by atoms with Crippen molar-refractivity contribution in [3.63, 3.8) is 0 Å². The van der Waals surface area contributed by atoms with Crippen molar-refractivity contribution in [3.8, 4) is 16.9 Å². The second kappa shape index (κ2) is 11.2. The maximum Gasteiger partial charge on any atom is 0.309 e. The Bertz CT molecular complexity index is 1370. The Morgan fingerprint density at radius 3 is 2.50 bits per heavy atom. The minimum Gasteiger partial charge on any atom is -0.485 e. The van der Waals surface area contributed by atoms with E-state index in [-0.39, 0.29) is 57.5 Å². The fraction of sp³-hybridized carbons (Fsp3) is 0.333. The van der Waals surface area contributed by atoms with Crippen molar-refractivity contribution in [2.24, 2.45) is 0 Å². The molecule has 1 fully saturated rings. The lowest BCUT2D eigenvalue weighted by molar-refractivity contribution is -0.147. The number of alkyl halides is 2. The number of hydrogen-bond donors (Lipinski definition) is 2. The molecule has 1 atom stereocenters. The fourth-order valence-electron chi connectivity index (χ4n) is 3.75. The molecular weight excluding hydrogens is 552 g/mol. The average molecular weight is 573 g/mol. The number of carbonyl (C=O) groups excluding carboxylic acids is 2. The molecule has 1 aliphatic heterocycles. The number of ether oxygens (including phenoxy) is 2. The van der Waals surface area contributed by atoms with E-state index < -0.39 is 42.2 Å². The van der Waals surface area contributed by atoms with Crippen LogP contribution in [0, 0.1) is 12.7 Å². The van der Waals surface area contributed by atoms with E-state index in [1.807, 2.05) is 0 Å². The molecule has 2 heterocycles. The van der Waals surface area contributed by atoms with Crippen LogP contribution in [0.2, 0.25) is 10.0 Å². The van der Waals surface area contributed by atoms with Crippen LogP contribution in [0.4, 0.5) is 13.2 Å². The summed E-state index contributed by atoms with van der Waals surface area (Å²) in [6, 6.07) is 6.01. The predicted octanol–water partition coefficient (Wildman–Crippen LogP) is 4.51. The zero-order valence-corrected chi connectivity index (χ0v) is 21.5. The highest BCUT2D eigenvalue weighted by atomic mass is 35.5. The first-order valence-corrected chi connectivity index (χ1v) is 12.0. The summed E-state index contributed by atoms with van der Waals surface area (Å²) in [5.41, 5.74) is -0.794. The van der Waals surface area contributed by atoms with Crippen LogP contribution in [-0.4, -0.2) is 53.8 Å². The summed E-state index contributed by atoms with van der Waals surface area (Å²) in [6.45, 7) is 1.94. The van der Waals surface area contributed by atoms with Crippen LogP contribution >= 0.6 is 23.2 Å². The summed E-state index contributed by atoms with van der Waals surface area (Å²) in [4.78, 5) is 25.5. The Hall–Kier alpha value is -3.35. The van der Waals surface area contributed by atoms with Crippen LogP contribution in [0.15, 0.2) is 34.7 Å². The number of nitrogens with one attached hydrogen (secondary N) is 2. The molecule has 202 valence electrons. The predicted molar refractivity (Wildman–Crippen MR) is 130 cm³/mol. The van der Waals surface area contributed by atoms with Crippen LogP contribution in [0.5, 0.6) is 5.75 Å². The minimum absolute atomic E-state index is 0.0102. The van der Waals surface area contributed by atoms with Gasteiger partial charge in [0.1, 0.15) is 18.2 Å². The average Bonchev–Trinajstić information content (AvgIpc) is 3.26. The van der Waals surface area contributed by atoms with Crippen LogP contribution in [-0.2, 0) is 9.53 Å². The van der Waals surface area contributed by atoms with E-state index in [1.165, 1.54) is 31.2 Å². The smallest absolute Gasteiger partial charge is 0.309 e. The third kappa shape index (κ3) is 5.87. The van der Waals surface area contributed by atoms with Gasteiger partial charge in [-0.3, -0.25) is 9.59 Å². The first-order chi connectivity index (χ1) is 18.0. The maximum atomic E-state index is 15.2. The summed E-state index contributed by atoms with van der Waals surface area (Å²) >= 11 is 12.2. The van der Waals surface area contributed by atoms with Gasteiger partial charge in [0.15, 0.2) is 5.54 Å². The molecule has 1 saturated heterocycles. The van der Waals surface area contributed by atoms with E-state index in [1.54, 1.807) is 6.92 Å². The van der Waals surface area contributed by atoms with Gasteiger partial charge in [-0.15, -0.1) is 10.2 Å². The van der Waals surface area contributed by atoms with Crippen molar-refractivity contribution in [1.29, 1.82) is 0 Å². The first kappa shape index (κ1) is 27.7. The summed E-state index contributed by atoms with van der Waals surface area (Å²) in [5, 5.41) is 12.6. The molecule has 1 aliphatic rings. The van der Waals surface area contributed by atoms with E-state index in [2.05, 4.69) is 20.8 Å². The second-order valence-electron chi connectivity index (χ2n) is 8.55. The normalized spacial score (nSPS) is 15.1. The Morgan fingerprint density at radius 2 is 1.92 bits per heavy atom. The number of aryl methyl sites for hydroxylation is 1. The van der Waals surface area contributed by atoms with Gasteiger partial charge in [-0.1, -0.05) is 35.3 Å². The van der Waals surface area contributed by atoms with Crippen LogP contribution in [0.1, 0.15) is 35.1 Å². The standard InChI is InChI=1S/C24H21Cl2F3N4O5/c1-11(30-23(35)24(9-36-10-24)31-21(34)22-33-32-12(2)38-22)15-4-3-13(5-18(15)27)16-6-14(25)7-17(26)20(16)37-8-19(28)29/h3-7,11,19H,8-10H2,1-2H3,(H,30,35)(H,31,34)/t11-/m1/s1. The fourth-order valence-corrected chi connectivity index (χ4v) is 4.30. The van der Waals surface area contributed by atoms with E-state index in [4.69, 9.17) is 37.1 Å². The quantitative estimate of drug-likeness (QED) is 0.387. The Kier molecular flexibility index (Phi) is 8.14. The van der Waals surface area contributed by atoms with Crippen molar-refractivity contribution in [2.45, 2.75) is 31.9 Å². The molecule has 0 radical (unpaired) electrons. The molecule has 0 unspecified atom stereocenters. The topological polar surface area (TPSA) is 116 Å². The molecule has 14 heteroatoms. The Morgan fingerprint density at radius 1 is 1.18 bits per heavy atom. The lowest BCUT2D eigenvalue weighted by atomic mass is 9.94. The summed E-state index contributed by atoms with van der Waals surface area (Å²) in [6.07, 6.45) is -2.75. The first-order valence-electron chi connectivity index (χ1n) is 11.2. The summed E-state index contributed by atoms with van der Waals surface area (Å²) in [7, 11) is 0. The summed E-state index contributed by atoms with van der Waals surface area (Å²) < 4.78 is 56.0. The molecular formula is C24H21Cl2F3N4O5. The molecule has 2 amide bonds. The van der Waals surface area contributed by atoms with Crippen LogP contribution in [0.3, 0.4) is 0 Å². The molecule has 9 nitrogen and oxygen atoms in total. The van der Waals surface area contributed by atoms with E-state index in [0.29, 0.717) is 0 Å². The monoisotopic (exact) mass is 572 g/mol. The summed E-state index contributed by atoms with van der Waals surface area (Å²) in [5.74, 6) is -2.25. The minimum atomic E-state index is -2.75. The highest BCUT2D eigenvalue weighted by molar-refractivity contribution is 6.36. The maximum absolute atomic E-state index is 15.2. The number of hydrogen-bond acceptors (Lipinski definition) is 7.